The summed E-state index contributed by atoms with van der Waals surface area (Å²) in [6.07, 6.45) is 3.60. The molecule has 1 spiro atoms. The molecule has 7 heteroatoms. The van der Waals surface area contributed by atoms with Crippen LogP contribution in [0.25, 0.3) is 0 Å². The van der Waals surface area contributed by atoms with Gasteiger partial charge in [0.1, 0.15) is 11.4 Å². The molecular formula is C22H22N2O4S. The minimum Gasteiger partial charge on any atom is -0.497 e. The van der Waals surface area contributed by atoms with Crippen LogP contribution in [0.15, 0.2) is 53.9 Å². The zero-order valence-corrected chi connectivity index (χ0v) is 16.9. The number of carbonyl (C=O) groups is 2. The first-order valence-electron chi connectivity index (χ1n) is 9.69. The van der Waals surface area contributed by atoms with Crippen molar-refractivity contribution in [2.75, 3.05) is 13.7 Å². The molecule has 4 atom stereocenters. The van der Waals surface area contributed by atoms with E-state index in [0.717, 1.165) is 16.2 Å². The van der Waals surface area contributed by atoms with Crippen LogP contribution in [-0.2, 0) is 27.4 Å². The molecule has 2 amide bonds. The monoisotopic (exact) mass is 410 g/mol. The van der Waals surface area contributed by atoms with Crippen molar-refractivity contribution in [3.05, 3.63) is 64.4 Å². The molecule has 0 saturated carbocycles. The fourth-order valence-electron chi connectivity index (χ4n) is 4.65. The van der Waals surface area contributed by atoms with E-state index in [1.807, 2.05) is 58.8 Å². The van der Waals surface area contributed by atoms with Gasteiger partial charge >= 0.3 is 0 Å². The molecule has 1 aromatic heterocycles. The van der Waals surface area contributed by atoms with Crippen LogP contribution < -0.4 is 10.1 Å². The third-order valence-corrected chi connectivity index (χ3v) is 6.90. The van der Waals surface area contributed by atoms with Crippen molar-refractivity contribution in [1.82, 2.24) is 10.2 Å². The van der Waals surface area contributed by atoms with Crippen LogP contribution in [0.4, 0.5) is 0 Å². The summed E-state index contributed by atoms with van der Waals surface area (Å²) in [5.74, 6) is -0.285. The van der Waals surface area contributed by atoms with Crippen molar-refractivity contribution in [3.63, 3.8) is 0 Å². The third-order valence-electron chi connectivity index (χ3n) is 6.03. The summed E-state index contributed by atoms with van der Waals surface area (Å²) in [6, 6.07) is 11.6. The van der Waals surface area contributed by atoms with Crippen LogP contribution in [0.3, 0.4) is 0 Å². The fourth-order valence-corrected chi connectivity index (χ4v) is 5.37. The first-order valence-corrected chi connectivity index (χ1v) is 10.6. The predicted molar refractivity (Wildman–Crippen MR) is 108 cm³/mol. The number of hydrogen-bond donors (Lipinski definition) is 1. The van der Waals surface area contributed by atoms with Gasteiger partial charge in [-0.1, -0.05) is 30.4 Å². The van der Waals surface area contributed by atoms with Crippen LogP contribution in [0.2, 0.25) is 0 Å². The number of nitrogens with one attached hydrogen (secondary N) is 1. The lowest BCUT2D eigenvalue weighted by Crippen LogP contribution is -2.43. The summed E-state index contributed by atoms with van der Waals surface area (Å²) in [6.45, 7) is 1.48. The predicted octanol–water partition coefficient (Wildman–Crippen LogP) is 2.36. The molecule has 0 radical (unpaired) electrons. The number of likely N-dealkylation sites (tertiary alicyclic amines) is 1. The lowest BCUT2D eigenvalue weighted by Gasteiger charge is -2.23. The maximum Gasteiger partial charge on any atom is 0.230 e. The van der Waals surface area contributed by atoms with Gasteiger partial charge in [-0.05, 0) is 29.1 Å². The van der Waals surface area contributed by atoms with Crippen LogP contribution in [0, 0.1) is 11.8 Å². The second kappa shape index (κ2) is 7.00. The maximum absolute atomic E-state index is 13.2. The quantitative estimate of drug-likeness (QED) is 0.743. The number of ether oxygens (including phenoxy) is 2. The number of fused-ring (bicyclic) bond motifs is 1. The van der Waals surface area contributed by atoms with E-state index in [2.05, 4.69) is 5.32 Å². The molecule has 3 aliphatic heterocycles. The summed E-state index contributed by atoms with van der Waals surface area (Å²) in [7, 11) is 1.62. The number of carbonyl (C=O) groups excluding carboxylic acids is 2. The van der Waals surface area contributed by atoms with Crippen molar-refractivity contribution >= 4 is 23.2 Å². The summed E-state index contributed by atoms with van der Waals surface area (Å²) >= 11 is 1.63. The van der Waals surface area contributed by atoms with Gasteiger partial charge in [-0.25, -0.2) is 0 Å². The molecule has 0 unspecified atom stereocenters. The summed E-state index contributed by atoms with van der Waals surface area (Å²) < 4.78 is 11.3. The fraction of sp³-hybridized carbons (Fsp3) is 0.364. The molecular weight excluding hydrogens is 388 g/mol. The number of amides is 2. The average molecular weight is 410 g/mol. The van der Waals surface area contributed by atoms with E-state index in [4.69, 9.17) is 9.47 Å². The van der Waals surface area contributed by atoms with Crippen molar-refractivity contribution < 1.29 is 19.1 Å². The van der Waals surface area contributed by atoms with Crippen LogP contribution in [0.1, 0.15) is 10.4 Å². The number of nitrogens with zero attached hydrogens (tertiary/aromatic N) is 1. The van der Waals surface area contributed by atoms with Gasteiger partial charge in [0, 0.05) is 11.4 Å². The topological polar surface area (TPSA) is 67.9 Å². The molecule has 2 saturated heterocycles. The molecule has 2 aromatic rings. The lowest BCUT2D eigenvalue weighted by atomic mass is 9.77. The van der Waals surface area contributed by atoms with E-state index < -0.39 is 17.4 Å². The standard InChI is InChI=1S/C22H22N2O4S/c1-27-15-6-4-14(5-7-15)11-23-20(25)18-17-8-9-22(28-17)13-24(21(26)19(18)22)12-16-3-2-10-29-16/h2-10,17-19H,11-13H2,1H3,(H,23,25)/t17-,18+,19-,22+/m0/s1. The van der Waals surface area contributed by atoms with Gasteiger partial charge in [0.15, 0.2) is 0 Å². The molecule has 3 aliphatic rings. The molecule has 29 heavy (non-hydrogen) atoms. The average Bonchev–Trinajstić information content (AvgIpc) is 3.50. The smallest absolute Gasteiger partial charge is 0.230 e. The maximum atomic E-state index is 13.2. The van der Waals surface area contributed by atoms with Gasteiger partial charge in [0.2, 0.25) is 11.8 Å². The first-order chi connectivity index (χ1) is 14.1. The highest BCUT2D eigenvalue weighted by molar-refractivity contribution is 7.09. The van der Waals surface area contributed by atoms with E-state index in [9.17, 15) is 9.59 Å². The molecule has 150 valence electrons. The van der Waals surface area contributed by atoms with E-state index in [1.165, 1.54) is 0 Å². The van der Waals surface area contributed by atoms with Crippen LogP contribution in [-0.4, -0.2) is 42.1 Å². The number of rotatable bonds is 6. The number of methoxy groups -OCH3 is 1. The first kappa shape index (κ1) is 18.4. The van der Waals surface area contributed by atoms with Gasteiger partial charge in [-0.3, -0.25) is 9.59 Å². The zero-order valence-electron chi connectivity index (χ0n) is 16.0. The normalized spacial score (nSPS) is 29.3. The molecule has 0 aliphatic carbocycles. The Morgan fingerprint density at radius 3 is 2.90 bits per heavy atom. The van der Waals surface area contributed by atoms with Gasteiger partial charge in [0.05, 0.1) is 38.1 Å². The van der Waals surface area contributed by atoms with E-state index in [0.29, 0.717) is 19.6 Å². The summed E-state index contributed by atoms with van der Waals surface area (Å²) in [5, 5.41) is 5.00. The van der Waals surface area contributed by atoms with Crippen molar-refractivity contribution in [1.29, 1.82) is 0 Å². The van der Waals surface area contributed by atoms with Crippen molar-refractivity contribution in [2.24, 2.45) is 11.8 Å². The molecule has 1 N–H and O–H groups in total. The Balaban J connectivity index is 1.29. The largest absolute Gasteiger partial charge is 0.497 e. The number of thiophene rings is 1. The Bertz CT molecular complexity index is 956. The molecule has 1 aromatic carbocycles. The van der Waals surface area contributed by atoms with Crippen molar-refractivity contribution in [3.8, 4) is 5.75 Å². The van der Waals surface area contributed by atoms with Gasteiger partial charge in [0.25, 0.3) is 0 Å². The molecule has 4 heterocycles. The Hall–Kier alpha value is -2.64. The minimum absolute atomic E-state index is 0.00912. The second-order valence-corrected chi connectivity index (χ2v) is 8.77. The highest BCUT2D eigenvalue weighted by atomic mass is 32.1. The molecule has 2 fully saturated rings. The van der Waals surface area contributed by atoms with E-state index in [-0.39, 0.29) is 17.9 Å². The summed E-state index contributed by atoms with van der Waals surface area (Å²) in [4.78, 5) is 29.2. The van der Waals surface area contributed by atoms with Gasteiger partial charge in [-0.2, -0.15) is 0 Å². The number of benzene rings is 1. The lowest BCUT2D eigenvalue weighted by molar-refractivity contribution is -0.137. The summed E-state index contributed by atoms with van der Waals surface area (Å²) in [5.41, 5.74) is 0.312. The Kier molecular flexibility index (Phi) is 4.44. The SMILES string of the molecule is COc1ccc(CNC(=O)[C@@H]2[C@@H]3C=C[C@]4(CN(Cc5cccs5)C(=O)[C@H]24)O3)cc1. The molecule has 2 bridgehead atoms. The van der Waals surface area contributed by atoms with E-state index in [1.54, 1.807) is 18.4 Å². The van der Waals surface area contributed by atoms with Crippen LogP contribution >= 0.6 is 11.3 Å². The Morgan fingerprint density at radius 1 is 1.34 bits per heavy atom. The number of hydrogen-bond acceptors (Lipinski definition) is 5. The van der Waals surface area contributed by atoms with Gasteiger partial charge in [-0.15, -0.1) is 11.3 Å². The molecule has 6 nitrogen and oxygen atoms in total. The highest BCUT2D eigenvalue weighted by Crippen LogP contribution is 2.52. The van der Waals surface area contributed by atoms with Crippen molar-refractivity contribution in [2.45, 2.75) is 24.8 Å². The third kappa shape index (κ3) is 3.05. The van der Waals surface area contributed by atoms with Gasteiger partial charge < -0.3 is 19.7 Å². The zero-order chi connectivity index (χ0) is 20.0. The molecule has 5 rings (SSSR count). The Morgan fingerprint density at radius 2 is 2.17 bits per heavy atom. The minimum atomic E-state index is -0.666. The highest BCUT2D eigenvalue weighted by Gasteiger charge is 2.66. The Labute approximate surface area is 173 Å². The van der Waals surface area contributed by atoms with Crippen LogP contribution in [0.5, 0.6) is 5.75 Å². The van der Waals surface area contributed by atoms with E-state index >= 15 is 0 Å². The second-order valence-electron chi connectivity index (χ2n) is 7.74.